The Balaban J connectivity index is 3.01. The van der Waals surface area contributed by atoms with Crippen LogP contribution in [0.5, 0.6) is 0 Å². The largest absolute Gasteiger partial charge is 0.444 e. The molecule has 0 aromatic carbocycles. The van der Waals surface area contributed by atoms with Crippen molar-refractivity contribution in [3.8, 4) is 0 Å². The molecule has 0 aliphatic rings. The van der Waals surface area contributed by atoms with Gasteiger partial charge < -0.3 is 4.74 Å². The van der Waals surface area contributed by atoms with Gasteiger partial charge in [0, 0.05) is 11.5 Å². The van der Waals surface area contributed by atoms with Crippen LogP contribution in [0.1, 0.15) is 45.0 Å². The fraction of sp³-hybridized carbons (Fsp3) is 0.500. The van der Waals surface area contributed by atoms with E-state index in [1.807, 2.05) is 0 Å². The van der Waals surface area contributed by atoms with Gasteiger partial charge in [0.25, 0.3) is 0 Å². The first-order valence-corrected chi connectivity index (χ1v) is 6.67. The lowest BCUT2D eigenvalue weighted by Gasteiger charge is -2.20. The van der Waals surface area contributed by atoms with E-state index in [1.54, 1.807) is 34.6 Å². The molecule has 1 aromatic rings. The normalized spacial score (nSPS) is 11.3. The number of anilines is 1. The van der Waals surface area contributed by atoms with E-state index in [9.17, 15) is 9.59 Å². The summed E-state index contributed by atoms with van der Waals surface area (Å²) in [4.78, 5) is 27.7. The van der Waals surface area contributed by atoms with E-state index in [2.05, 4.69) is 10.3 Å². The third kappa shape index (κ3) is 4.81. The molecular weight excluding hydrogens is 280 g/mol. The lowest BCUT2D eigenvalue weighted by Crippen LogP contribution is -2.28. The van der Waals surface area contributed by atoms with Crippen molar-refractivity contribution in [3.63, 3.8) is 0 Å². The lowest BCUT2D eigenvalue weighted by molar-refractivity contribution is 0.0636. The molecule has 1 amide bonds. The van der Waals surface area contributed by atoms with Gasteiger partial charge in [0.15, 0.2) is 5.78 Å². The first-order chi connectivity index (χ1) is 9.10. The molecule has 110 valence electrons. The van der Waals surface area contributed by atoms with Crippen LogP contribution in [0.3, 0.4) is 0 Å². The van der Waals surface area contributed by atoms with E-state index in [0.717, 1.165) is 0 Å². The van der Waals surface area contributed by atoms with Crippen molar-refractivity contribution in [1.29, 1.82) is 0 Å². The van der Waals surface area contributed by atoms with Crippen LogP contribution in [0.25, 0.3) is 0 Å². The number of rotatable bonds is 3. The number of halogens is 1. The monoisotopic (exact) mass is 298 g/mol. The van der Waals surface area contributed by atoms with Crippen molar-refractivity contribution in [2.75, 3.05) is 5.32 Å². The van der Waals surface area contributed by atoms with Gasteiger partial charge in [-0.15, -0.1) is 0 Å². The number of carbonyl (C=O) groups excluding carboxylic acids is 2. The molecular formula is C14H19ClN2O3. The van der Waals surface area contributed by atoms with Gasteiger partial charge in [0.05, 0.1) is 11.9 Å². The molecule has 20 heavy (non-hydrogen) atoms. The summed E-state index contributed by atoms with van der Waals surface area (Å²) >= 11 is 5.80. The number of hydrogen-bond acceptors (Lipinski definition) is 4. The first-order valence-electron chi connectivity index (χ1n) is 6.30. The van der Waals surface area contributed by atoms with Crippen LogP contribution in [0, 0.1) is 5.92 Å². The van der Waals surface area contributed by atoms with Gasteiger partial charge in [-0.1, -0.05) is 25.4 Å². The molecule has 0 radical (unpaired) electrons. The first kappa shape index (κ1) is 16.4. The Kier molecular flexibility index (Phi) is 5.11. The van der Waals surface area contributed by atoms with Gasteiger partial charge in [-0.3, -0.25) is 10.1 Å². The molecule has 0 spiro atoms. The number of carbonyl (C=O) groups is 2. The quantitative estimate of drug-likeness (QED) is 0.678. The molecule has 0 fully saturated rings. The predicted octanol–water partition coefficient (Wildman–Crippen LogP) is 3.92. The number of Topliss-reactive ketones (excluding diaryl/α,β-unsaturated/α-hetero) is 1. The molecule has 0 aliphatic heterocycles. The summed E-state index contributed by atoms with van der Waals surface area (Å²) in [7, 11) is 0. The summed E-state index contributed by atoms with van der Waals surface area (Å²) in [6.45, 7) is 8.81. The van der Waals surface area contributed by atoms with Crippen LogP contribution in [0.2, 0.25) is 5.15 Å². The van der Waals surface area contributed by atoms with E-state index >= 15 is 0 Å². The fourth-order valence-corrected chi connectivity index (χ4v) is 1.62. The average Bonchev–Trinajstić information content (AvgIpc) is 2.27. The van der Waals surface area contributed by atoms with Crippen molar-refractivity contribution in [2.24, 2.45) is 5.92 Å². The Morgan fingerprint density at radius 3 is 2.45 bits per heavy atom. The third-order valence-electron chi connectivity index (χ3n) is 2.30. The van der Waals surface area contributed by atoms with Crippen molar-refractivity contribution in [2.45, 2.75) is 40.2 Å². The number of pyridine rings is 1. The van der Waals surface area contributed by atoms with E-state index in [0.29, 0.717) is 11.3 Å². The summed E-state index contributed by atoms with van der Waals surface area (Å²) in [5.74, 6) is -0.340. The Morgan fingerprint density at radius 2 is 1.95 bits per heavy atom. The smallest absolute Gasteiger partial charge is 0.412 e. The molecule has 1 heterocycles. The maximum absolute atomic E-state index is 12.1. The van der Waals surface area contributed by atoms with Crippen LogP contribution in [0.15, 0.2) is 12.3 Å². The highest BCUT2D eigenvalue weighted by Gasteiger charge is 2.20. The molecule has 5 nitrogen and oxygen atoms in total. The number of aromatic nitrogens is 1. The van der Waals surface area contributed by atoms with Gasteiger partial charge in [0.2, 0.25) is 0 Å². The van der Waals surface area contributed by atoms with Gasteiger partial charge >= 0.3 is 6.09 Å². The minimum absolute atomic E-state index is 0.125. The second kappa shape index (κ2) is 6.22. The zero-order chi connectivity index (χ0) is 15.5. The summed E-state index contributed by atoms with van der Waals surface area (Å²) < 4.78 is 5.14. The molecule has 0 atom stereocenters. The third-order valence-corrected chi connectivity index (χ3v) is 2.50. The van der Waals surface area contributed by atoms with Gasteiger partial charge in [-0.05, 0) is 26.8 Å². The van der Waals surface area contributed by atoms with E-state index in [-0.39, 0.29) is 16.9 Å². The minimum atomic E-state index is -0.639. The van der Waals surface area contributed by atoms with Gasteiger partial charge in [-0.2, -0.15) is 0 Å². The maximum atomic E-state index is 12.1. The molecule has 1 rings (SSSR count). The summed E-state index contributed by atoms with van der Waals surface area (Å²) in [5.41, 5.74) is -0.000179. The Bertz CT molecular complexity index is 522. The summed E-state index contributed by atoms with van der Waals surface area (Å²) in [5, 5.41) is 2.72. The number of ether oxygens (including phenoxy) is 1. The zero-order valence-electron chi connectivity index (χ0n) is 12.3. The molecule has 1 aromatic heterocycles. The maximum Gasteiger partial charge on any atom is 0.412 e. The fourth-order valence-electron chi connectivity index (χ4n) is 1.46. The molecule has 0 unspecified atom stereocenters. The molecule has 6 heteroatoms. The van der Waals surface area contributed by atoms with Crippen molar-refractivity contribution < 1.29 is 14.3 Å². The van der Waals surface area contributed by atoms with Crippen molar-refractivity contribution >= 4 is 29.2 Å². The van der Waals surface area contributed by atoms with Gasteiger partial charge in [-0.25, -0.2) is 9.78 Å². The molecule has 0 saturated heterocycles. The number of nitrogens with one attached hydrogen (secondary N) is 1. The van der Waals surface area contributed by atoms with Crippen LogP contribution < -0.4 is 5.32 Å². The molecule has 0 aliphatic carbocycles. The minimum Gasteiger partial charge on any atom is -0.444 e. The van der Waals surface area contributed by atoms with Gasteiger partial charge in [0.1, 0.15) is 10.8 Å². The topological polar surface area (TPSA) is 68.3 Å². The van der Waals surface area contributed by atoms with E-state index in [4.69, 9.17) is 16.3 Å². The van der Waals surface area contributed by atoms with Crippen LogP contribution in [-0.4, -0.2) is 22.5 Å². The SMILES string of the molecule is CC(C)C(=O)c1cc(Cl)ncc1NC(=O)OC(C)(C)C. The predicted molar refractivity (Wildman–Crippen MR) is 78.3 cm³/mol. The average molecular weight is 299 g/mol. The summed E-state index contributed by atoms with van der Waals surface area (Å²) in [6.07, 6.45) is 0.710. The zero-order valence-corrected chi connectivity index (χ0v) is 13.0. The number of ketones is 1. The molecule has 1 N–H and O–H groups in total. The highest BCUT2D eigenvalue weighted by molar-refractivity contribution is 6.30. The second-order valence-electron chi connectivity index (χ2n) is 5.70. The number of amides is 1. The Hall–Kier alpha value is -1.62. The summed E-state index contributed by atoms with van der Waals surface area (Å²) in [6, 6.07) is 1.44. The number of hydrogen-bond donors (Lipinski definition) is 1. The lowest BCUT2D eigenvalue weighted by atomic mass is 10.0. The molecule has 0 saturated carbocycles. The van der Waals surface area contributed by atoms with Crippen molar-refractivity contribution in [1.82, 2.24) is 4.98 Å². The Labute approximate surface area is 123 Å². The van der Waals surface area contributed by atoms with Crippen LogP contribution in [-0.2, 0) is 4.74 Å². The molecule has 0 bridgehead atoms. The highest BCUT2D eigenvalue weighted by atomic mass is 35.5. The van der Waals surface area contributed by atoms with Crippen LogP contribution in [0.4, 0.5) is 10.5 Å². The van der Waals surface area contributed by atoms with E-state index < -0.39 is 11.7 Å². The highest BCUT2D eigenvalue weighted by Crippen LogP contribution is 2.22. The standard InChI is InChI=1S/C14H19ClN2O3/c1-8(2)12(18)9-6-11(15)16-7-10(9)17-13(19)20-14(3,4)5/h6-8H,1-5H3,(H,17,19). The van der Waals surface area contributed by atoms with Crippen molar-refractivity contribution in [3.05, 3.63) is 23.0 Å². The second-order valence-corrected chi connectivity index (χ2v) is 6.09. The van der Waals surface area contributed by atoms with E-state index in [1.165, 1.54) is 12.3 Å². The number of nitrogens with zero attached hydrogens (tertiary/aromatic N) is 1. The van der Waals surface area contributed by atoms with Crippen LogP contribution >= 0.6 is 11.6 Å². The Morgan fingerprint density at radius 1 is 1.35 bits per heavy atom.